The molecule has 0 bridgehead atoms. The lowest BCUT2D eigenvalue weighted by Gasteiger charge is -2.18. The van der Waals surface area contributed by atoms with E-state index < -0.39 is 6.10 Å². The average molecular weight is 779 g/mol. The molecule has 6 heteroatoms. The molecule has 0 fully saturated rings. The summed E-state index contributed by atoms with van der Waals surface area (Å²) in [7, 11) is 0. The number of hydrogen-bond acceptors (Lipinski definition) is 6. The maximum atomic E-state index is 12.7. The van der Waals surface area contributed by atoms with E-state index in [1.165, 1.54) is 141 Å². The largest absolute Gasteiger partial charge is 0.462 e. The summed E-state index contributed by atoms with van der Waals surface area (Å²) in [5.74, 6) is 1.61. The van der Waals surface area contributed by atoms with Gasteiger partial charge < -0.3 is 14.2 Å². The molecule has 2 atom stereocenters. The van der Waals surface area contributed by atoms with Gasteiger partial charge in [0.05, 0.1) is 0 Å². The van der Waals surface area contributed by atoms with Crippen LogP contribution in [-0.4, -0.2) is 37.2 Å². The predicted octanol–water partition coefficient (Wildman–Crippen LogP) is 15.2. The summed E-state index contributed by atoms with van der Waals surface area (Å²) in [6.07, 6.45) is 38.0. The summed E-state index contributed by atoms with van der Waals surface area (Å²) < 4.78 is 16.8. The second-order valence-electron chi connectivity index (χ2n) is 17.9. The number of esters is 3. The molecular weight excluding hydrogens is 685 g/mol. The van der Waals surface area contributed by atoms with Gasteiger partial charge in [0, 0.05) is 19.3 Å². The van der Waals surface area contributed by atoms with Gasteiger partial charge in [-0.25, -0.2) is 0 Å². The summed E-state index contributed by atoms with van der Waals surface area (Å²) >= 11 is 0. The minimum atomic E-state index is -0.762. The van der Waals surface area contributed by atoms with Crippen LogP contribution in [0.4, 0.5) is 0 Å². The molecule has 0 rings (SSSR count). The zero-order valence-electron chi connectivity index (χ0n) is 37.7. The molecule has 0 aliphatic heterocycles. The van der Waals surface area contributed by atoms with Crippen molar-refractivity contribution in [2.24, 2.45) is 17.8 Å². The molecule has 0 N–H and O–H groups in total. The van der Waals surface area contributed by atoms with Crippen LogP contribution in [0.3, 0.4) is 0 Å². The van der Waals surface area contributed by atoms with Gasteiger partial charge in [-0.2, -0.15) is 0 Å². The van der Waals surface area contributed by atoms with Gasteiger partial charge in [0.15, 0.2) is 6.10 Å². The normalized spacial score (nSPS) is 12.7. The van der Waals surface area contributed by atoms with E-state index in [2.05, 4.69) is 41.5 Å². The molecule has 0 heterocycles. The maximum Gasteiger partial charge on any atom is 0.306 e. The second kappa shape index (κ2) is 40.6. The summed E-state index contributed by atoms with van der Waals surface area (Å²) in [6, 6.07) is 0. The molecule has 0 aromatic carbocycles. The first-order valence-electron chi connectivity index (χ1n) is 24.1. The van der Waals surface area contributed by atoms with Gasteiger partial charge in [0.25, 0.3) is 0 Å². The number of unbranched alkanes of at least 4 members (excludes halogenated alkanes) is 24. The lowest BCUT2D eigenvalue weighted by atomic mass is 9.99. The number of carbonyl (C=O) groups excluding carboxylic acids is 3. The monoisotopic (exact) mass is 779 g/mol. The number of ether oxygens (including phenoxy) is 3. The van der Waals surface area contributed by atoms with E-state index in [0.29, 0.717) is 19.3 Å². The number of hydrogen-bond donors (Lipinski definition) is 0. The van der Waals surface area contributed by atoms with Crippen LogP contribution in [-0.2, 0) is 28.6 Å². The van der Waals surface area contributed by atoms with Gasteiger partial charge in [-0.1, -0.05) is 221 Å². The first-order chi connectivity index (χ1) is 26.6. The zero-order valence-corrected chi connectivity index (χ0v) is 37.7. The van der Waals surface area contributed by atoms with Gasteiger partial charge in [0.2, 0.25) is 0 Å². The van der Waals surface area contributed by atoms with Gasteiger partial charge in [0.1, 0.15) is 13.2 Å². The van der Waals surface area contributed by atoms with Crippen LogP contribution >= 0.6 is 0 Å². The summed E-state index contributed by atoms with van der Waals surface area (Å²) in [4.78, 5) is 37.8. The van der Waals surface area contributed by atoms with E-state index >= 15 is 0 Å². The standard InChI is InChI=1S/C49H94O6/c1-7-45(6)37-31-25-19-14-16-21-27-33-39-48(51)54-42-46(55-49(52)40-34-28-22-15-13-18-24-30-36-44(4)5)41-53-47(50)38-32-26-20-12-10-8-9-11-17-23-29-35-43(2)3/h43-46H,7-42H2,1-6H3/t45?,46-/m0/s1. The van der Waals surface area contributed by atoms with E-state index in [9.17, 15) is 14.4 Å². The third-order valence-corrected chi connectivity index (χ3v) is 11.3. The quantitative estimate of drug-likeness (QED) is 0.0349. The highest BCUT2D eigenvalue weighted by Gasteiger charge is 2.19. The van der Waals surface area contributed by atoms with Gasteiger partial charge in [-0.15, -0.1) is 0 Å². The van der Waals surface area contributed by atoms with Crippen molar-refractivity contribution in [3.8, 4) is 0 Å². The van der Waals surface area contributed by atoms with Crippen molar-refractivity contribution in [1.82, 2.24) is 0 Å². The molecule has 55 heavy (non-hydrogen) atoms. The van der Waals surface area contributed by atoms with Crippen molar-refractivity contribution in [3.63, 3.8) is 0 Å². The van der Waals surface area contributed by atoms with Crippen LogP contribution in [0.1, 0.15) is 260 Å². The summed E-state index contributed by atoms with van der Waals surface area (Å²) in [5.41, 5.74) is 0. The Hall–Kier alpha value is -1.59. The molecule has 6 nitrogen and oxygen atoms in total. The van der Waals surface area contributed by atoms with Gasteiger partial charge >= 0.3 is 17.9 Å². The Labute approximate surface area is 342 Å². The molecular formula is C49H94O6. The van der Waals surface area contributed by atoms with Crippen LogP contribution in [0.25, 0.3) is 0 Å². The smallest absolute Gasteiger partial charge is 0.306 e. The highest BCUT2D eigenvalue weighted by molar-refractivity contribution is 5.71. The fourth-order valence-corrected chi connectivity index (χ4v) is 7.20. The molecule has 0 aromatic heterocycles. The highest BCUT2D eigenvalue weighted by atomic mass is 16.6. The van der Waals surface area contributed by atoms with Gasteiger partial charge in [-0.05, 0) is 37.0 Å². The topological polar surface area (TPSA) is 78.9 Å². The fraction of sp³-hybridized carbons (Fsp3) is 0.939. The Morgan fingerprint density at radius 2 is 0.636 bits per heavy atom. The number of rotatable bonds is 42. The van der Waals surface area contributed by atoms with Crippen molar-refractivity contribution >= 4 is 17.9 Å². The Morgan fingerprint density at radius 1 is 0.364 bits per heavy atom. The third kappa shape index (κ3) is 41.9. The molecule has 0 aliphatic carbocycles. The van der Waals surface area contributed by atoms with Crippen molar-refractivity contribution in [3.05, 3.63) is 0 Å². The molecule has 0 saturated carbocycles. The van der Waals surface area contributed by atoms with Crippen LogP contribution in [0.2, 0.25) is 0 Å². The molecule has 0 radical (unpaired) electrons. The zero-order chi connectivity index (χ0) is 40.6. The minimum Gasteiger partial charge on any atom is -0.462 e. The van der Waals surface area contributed by atoms with Crippen molar-refractivity contribution in [2.45, 2.75) is 266 Å². The van der Waals surface area contributed by atoms with Crippen LogP contribution in [0, 0.1) is 17.8 Å². The SMILES string of the molecule is CCC(C)CCCCCCCCCCC(=O)OC[C@H](COC(=O)CCCCCCCCCCCCCC(C)C)OC(=O)CCCCCCCCCCC(C)C. The van der Waals surface area contributed by atoms with E-state index in [-0.39, 0.29) is 31.1 Å². The van der Waals surface area contributed by atoms with Crippen molar-refractivity contribution < 1.29 is 28.6 Å². The van der Waals surface area contributed by atoms with Crippen LogP contribution < -0.4 is 0 Å². The lowest BCUT2D eigenvalue weighted by Crippen LogP contribution is -2.30. The van der Waals surface area contributed by atoms with E-state index in [1.54, 1.807) is 0 Å². The Morgan fingerprint density at radius 3 is 0.945 bits per heavy atom. The average Bonchev–Trinajstić information content (AvgIpc) is 3.15. The van der Waals surface area contributed by atoms with E-state index in [1.807, 2.05) is 0 Å². The molecule has 1 unspecified atom stereocenters. The highest BCUT2D eigenvalue weighted by Crippen LogP contribution is 2.17. The summed E-state index contributed by atoms with van der Waals surface area (Å²) in [5, 5.41) is 0. The maximum absolute atomic E-state index is 12.7. The second-order valence-corrected chi connectivity index (χ2v) is 17.9. The van der Waals surface area contributed by atoms with Gasteiger partial charge in [-0.3, -0.25) is 14.4 Å². The molecule has 326 valence electrons. The third-order valence-electron chi connectivity index (χ3n) is 11.3. The predicted molar refractivity (Wildman–Crippen MR) is 233 cm³/mol. The lowest BCUT2D eigenvalue weighted by molar-refractivity contribution is -0.167. The Kier molecular flexibility index (Phi) is 39.4. The molecule has 0 amide bonds. The van der Waals surface area contributed by atoms with Crippen LogP contribution in [0.5, 0.6) is 0 Å². The van der Waals surface area contributed by atoms with Crippen LogP contribution in [0.15, 0.2) is 0 Å². The first kappa shape index (κ1) is 53.4. The fourth-order valence-electron chi connectivity index (χ4n) is 7.20. The molecule has 0 aliphatic rings. The summed E-state index contributed by atoms with van der Waals surface area (Å²) in [6.45, 7) is 13.7. The minimum absolute atomic E-state index is 0.0660. The molecule has 0 saturated heterocycles. The number of carbonyl (C=O) groups is 3. The molecule has 0 spiro atoms. The van der Waals surface area contributed by atoms with E-state index in [4.69, 9.17) is 14.2 Å². The van der Waals surface area contributed by atoms with Crippen molar-refractivity contribution in [1.29, 1.82) is 0 Å². The first-order valence-corrected chi connectivity index (χ1v) is 24.1. The van der Waals surface area contributed by atoms with E-state index in [0.717, 1.165) is 75.5 Å². The Bertz CT molecular complexity index is 854. The van der Waals surface area contributed by atoms with Crippen molar-refractivity contribution in [2.75, 3.05) is 13.2 Å². The molecule has 0 aromatic rings. The Balaban J connectivity index is 4.34.